The highest BCUT2D eigenvalue weighted by Gasteiger charge is 2.15. The average molecular weight is 304 g/mol. The van der Waals surface area contributed by atoms with E-state index in [2.05, 4.69) is 6.07 Å². The summed E-state index contributed by atoms with van der Waals surface area (Å²) < 4.78 is 16.0. The van der Waals surface area contributed by atoms with Gasteiger partial charge in [0, 0.05) is 5.56 Å². The first-order valence-corrected chi connectivity index (χ1v) is 6.92. The van der Waals surface area contributed by atoms with Crippen molar-refractivity contribution in [1.82, 2.24) is 0 Å². The number of nitriles is 2. The quantitative estimate of drug-likeness (QED) is 0.639. The molecule has 0 aromatic heterocycles. The second kappa shape index (κ2) is 6.55. The van der Waals surface area contributed by atoms with Crippen LogP contribution in [0.15, 0.2) is 42.5 Å². The normalized spacial score (nSPS) is 12.3. The smallest absolute Gasteiger partial charge is 0.231 e. The number of ether oxygens (including phenoxy) is 3. The summed E-state index contributed by atoms with van der Waals surface area (Å²) >= 11 is 0. The van der Waals surface area contributed by atoms with E-state index in [9.17, 15) is 5.26 Å². The molecule has 0 radical (unpaired) electrons. The predicted octanol–water partition coefficient (Wildman–Crippen LogP) is 3.38. The zero-order chi connectivity index (χ0) is 16.1. The number of fused-ring (bicyclic) bond motifs is 1. The molecule has 0 atom stereocenters. The zero-order valence-corrected chi connectivity index (χ0v) is 12.2. The van der Waals surface area contributed by atoms with E-state index in [1.165, 1.54) is 0 Å². The van der Waals surface area contributed by atoms with Crippen LogP contribution >= 0.6 is 0 Å². The van der Waals surface area contributed by atoms with E-state index < -0.39 is 0 Å². The topological polar surface area (TPSA) is 75.3 Å². The predicted molar refractivity (Wildman–Crippen MR) is 83.6 cm³/mol. The van der Waals surface area contributed by atoms with Gasteiger partial charge in [0.1, 0.15) is 11.8 Å². The third kappa shape index (κ3) is 3.09. The van der Waals surface area contributed by atoms with Crippen molar-refractivity contribution in [2.45, 2.75) is 0 Å². The highest BCUT2D eigenvalue weighted by molar-refractivity contribution is 5.91. The lowest BCUT2D eigenvalue weighted by atomic mass is 10.0. The third-order valence-corrected chi connectivity index (χ3v) is 3.32. The van der Waals surface area contributed by atoms with Crippen LogP contribution in [0.2, 0.25) is 0 Å². The second-order valence-electron chi connectivity index (χ2n) is 4.72. The van der Waals surface area contributed by atoms with Crippen molar-refractivity contribution in [3.63, 3.8) is 0 Å². The molecule has 0 N–H and O–H groups in total. The van der Waals surface area contributed by atoms with Gasteiger partial charge in [-0.05, 0) is 35.9 Å². The molecule has 0 saturated carbocycles. The van der Waals surface area contributed by atoms with Crippen LogP contribution in [0.1, 0.15) is 11.1 Å². The maximum Gasteiger partial charge on any atom is 0.231 e. The molecule has 0 saturated heterocycles. The van der Waals surface area contributed by atoms with E-state index in [1.807, 2.05) is 24.3 Å². The third-order valence-electron chi connectivity index (χ3n) is 3.32. The number of benzene rings is 2. The van der Waals surface area contributed by atoms with Gasteiger partial charge in [-0.3, -0.25) is 0 Å². The minimum atomic E-state index is -0.0449. The molecule has 1 heterocycles. The Morgan fingerprint density at radius 1 is 1.13 bits per heavy atom. The number of rotatable bonds is 4. The first kappa shape index (κ1) is 14.5. The number of hydrogen-bond donors (Lipinski definition) is 0. The Labute approximate surface area is 133 Å². The lowest BCUT2D eigenvalue weighted by Crippen LogP contribution is -1.95. The summed E-state index contributed by atoms with van der Waals surface area (Å²) in [6, 6.07) is 16.7. The Bertz CT molecular complexity index is 844. The summed E-state index contributed by atoms with van der Waals surface area (Å²) in [4.78, 5) is 0. The first-order chi connectivity index (χ1) is 11.3. The molecule has 112 valence electrons. The van der Waals surface area contributed by atoms with Crippen LogP contribution in [0.5, 0.6) is 17.2 Å². The molecule has 2 aromatic rings. The van der Waals surface area contributed by atoms with Gasteiger partial charge in [0.15, 0.2) is 18.1 Å². The van der Waals surface area contributed by atoms with Gasteiger partial charge in [-0.2, -0.15) is 10.5 Å². The fourth-order valence-electron chi connectivity index (χ4n) is 2.24. The summed E-state index contributed by atoms with van der Waals surface area (Å²) in [6.07, 6.45) is 1.73. The van der Waals surface area contributed by atoms with Gasteiger partial charge in [-0.15, -0.1) is 0 Å². The van der Waals surface area contributed by atoms with Gasteiger partial charge in [0.25, 0.3) is 0 Å². The Hall–Kier alpha value is -3.44. The lowest BCUT2D eigenvalue weighted by Gasteiger charge is -2.07. The van der Waals surface area contributed by atoms with Crippen LogP contribution in [-0.4, -0.2) is 13.4 Å². The first-order valence-electron chi connectivity index (χ1n) is 6.92. The molecule has 0 aliphatic carbocycles. The summed E-state index contributed by atoms with van der Waals surface area (Å²) in [6.45, 7) is 0.145. The Morgan fingerprint density at radius 2 is 1.96 bits per heavy atom. The SMILES string of the molecule is N#CCOc1ccccc1/C=C(/C#N)c1ccc2c(c1)OCO2. The van der Waals surface area contributed by atoms with E-state index in [-0.39, 0.29) is 13.4 Å². The molecule has 23 heavy (non-hydrogen) atoms. The van der Waals surface area contributed by atoms with Crippen molar-refractivity contribution in [3.8, 4) is 29.4 Å². The van der Waals surface area contributed by atoms with Gasteiger partial charge in [0.05, 0.1) is 11.6 Å². The maximum atomic E-state index is 9.47. The number of para-hydroxylation sites is 1. The van der Waals surface area contributed by atoms with Crippen molar-refractivity contribution in [2.75, 3.05) is 13.4 Å². The summed E-state index contributed by atoms with van der Waals surface area (Å²) in [5.41, 5.74) is 1.93. The summed E-state index contributed by atoms with van der Waals surface area (Å²) in [5, 5.41) is 18.1. The second-order valence-corrected chi connectivity index (χ2v) is 4.72. The molecule has 5 nitrogen and oxygen atoms in total. The van der Waals surface area contributed by atoms with Gasteiger partial charge in [0.2, 0.25) is 6.79 Å². The molecule has 0 amide bonds. The van der Waals surface area contributed by atoms with Crippen molar-refractivity contribution >= 4 is 11.6 Å². The molecule has 0 bridgehead atoms. The van der Waals surface area contributed by atoms with Crippen molar-refractivity contribution in [1.29, 1.82) is 10.5 Å². The lowest BCUT2D eigenvalue weighted by molar-refractivity contribution is 0.174. The van der Waals surface area contributed by atoms with Gasteiger partial charge >= 0.3 is 0 Å². The average Bonchev–Trinajstić information content (AvgIpc) is 3.06. The van der Waals surface area contributed by atoms with Crippen LogP contribution in [0.4, 0.5) is 0 Å². The van der Waals surface area contributed by atoms with E-state index in [0.717, 1.165) is 11.1 Å². The van der Waals surface area contributed by atoms with Gasteiger partial charge in [-0.1, -0.05) is 18.2 Å². The Balaban J connectivity index is 1.97. The highest BCUT2D eigenvalue weighted by atomic mass is 16.7. The molecule has 5 heteroatoms. The minimum absolute atomic E-state index is 0.0449. The number of allylic oxidation sites excluding steroid dienone is 1. The van der Waals surface area contributed by atoms with Gasteiger partial charge < -0.3 is 14.2 Å². The summed E-state index contributed by atoms with van der Waals surface area (Å²) in [5.74, 6) is 1.85. The molecule has 1 aliphatic heterocycles. The molecule has 0 unspecified atom stereocenters. The number of hydrogen-bond acceptors (Lipinski definition) is 5. The zero-order valence-electron chi connectivity index (χ0n) is 12.2. The molecule has 0 fully saturated rings. The van der Waals surface area contributed by atoms with E-state index >= 15 is 0 Å². The Morgan fingerprint density at radius 3 is 2.78 bits per heavy atom. The van der Waals surface area contributed by atoms with Crippen LogP contribution < -0.4 is 14.2 Å². The largest absolute Gasteiger partial charge is 0.478 e. The van der Waals surface area contributed by atoms with E-state index in [4.69, 9.17) is 19.5 Å². The standard InChI is InChI=1S/C18H12N2O3/c19-7-8-21-16-4-2-1-3-14(16)9-15(11-20)13-5-6-17-18(10-13)23-12-22-17/h1-6,9-10H,8,12H2/b15-9-. The molecule has 1 aliphatic rings. The van der Waals surface area contributed by atoms with Gasteiger partial charge in [-0.25, -0.2) is 0 Å². The van der Waals surface area contributed by atoms with Crippen molar-refractivity contribution < 1.29 is 14.2 Å². The van der Waals surface area contributed by atoms with Crippen LogP contribution in [0.25, 0.3) is 11.6 Å². The molecule has 2 aromatic carbocycles. The summed E-state index contributed by atoms with van der Waals surface area (Å²) in [7, 11) is 0. The van der Waals surface area contributed by atoms with Crippen molar-refractivity contribution in [3.05, 3.63) is 53.6 Å². The molecule has 0 spiro atoms. The van der Waals surface area contributed by atoms with E-state index in [0.29, 0.717) is 22.8 Å². The molecular weight excluding hydrogens is 292 g/mol. The molecular formula is C18H12N2O3. The van der Waals surface area contributed by atoms with Crippen LogP contribution in [-0.2, 0) is 0 Å². The fourth-order valence-corrected chi connectivity index (χ4v) is 2.24. The van der Waals surface area contributed by atoms with Crippen LogP contribution in [0.3, 0.4) is 0 Å². The molecule has 3 rings (SSSR count). The Kier molecular flexibility index (Phi) is 4.13. The maximum absolute atomic E-state index is 9.47. The number of nitrogens with zero attached hydrogens (tertiary/aromatic N) is 2. The van der Waals surface area contributed by atoms with Crippen molar-refractivity contribution in [2.24, 2.45) is 0 Å². The fraction of sp³-hybridized carbons (Fsp3) is 0.111. The van der Waals surface area contributed by atoms with E-state index in [1.54, 1.807) is 30.3 Å². The highest BCUT2D eigenvalue weighted by Crippen LogP contribution is 2.35. The monoisotopic (exact) mass is 304 g/mol. The van der Waals surface area contributed by atoms with Crippen LogP contribution in [0, 0.1) is 22.7 Å². The minimum Gasteiger partial charge on any atom is -0.478 e.